The molecule has 2 heterocycles. The van der Waals surface area contributed by atoms with Gasteiger partial charge in [-0.25, -0.2) is 0 Å². The number of phenols is 1. The Morgan fingerprint density at radius 1 is 0.639 bits per heavy atom. The Kier molecular flexibility index (Phi) is 10.6. The van der Waals surface area contributed by atoms with Crippen molar-refractivity contribution in [3.63, 3.8) is 0 Å². The molecule has 0 unspecified atom stereocenters. The standard InChI is InChI=1S/C56H50N3O.Pt/c1-34(2)42-26-16-27-43(35(3)4)52(42)59-49-33-39-22-13-14-25-45(39)51(49)58-55(59)40-24-15-23-38(30-40)44-28-17-29-48-50(44)57-54(56(48,5)6)47-32-41(36-18-9-7-10-19-36)31-46(53(47)60)37-20-11-8-12-21-37;/h7-29,31-32,34-35,49,51,60H,33H2,1-6H3;/q-1;/t49-,51+;/m1./s1. The van der Waals surface area contributed by atoms with Crippen LogP contribution in [-0.4, -0.2) is 22.7 Å². The number of anilines is 1. The Labute approximate surface area is 375 Å². The summed E-state index contributed by atoms with van der Waals surface area (Å²) >= 11 is 0. The number of amidine groups is 1. The largest absolute Gasteiger partial charge is 0.507 e. The van der Waals surface area contributed by atoms with E-state index in [1.165, 1.54) is 27.9 Å². The number of para-hydroxylation sites is 2. The summed E-state index contributed by atoms with van der Waals surface area (Å²) in [5.41, 5.74) is 16.7. The molecule has 2 atom stereocenters. The monoisotopic (exact) mass is 975 g/mol. The Morgan fingerprint density at radius 2 is 1.25 bits per heavy atom. The van der Waals surface area contributed by atoms with Gasteiger partial charge in [-0.3, -0.25) is 9.98 Å². The molecule has 1 N–H and O–H groups in total. The first-order valence-electron chi connectivity index (χ1n) is 21.4. The van der Waals surface area contributed by atoms with Crippen LogP contribution in [0.5, 0.6) is 5.75 Å². The first-order chi connectivity index (χ1) is 29.1. The van der Waals surface area contributed by atoms with Gasteiger partial charge in [-0.2, -0.15) is 0 Å². The van der Waals surface area contributed by atoms with E-state index in [9.17, 15) is 5.11 Å². The summed E-state index contributed by atoms with van der Waals surface area (Å²) in [5, 5.41) is 12.2. The molecule has 0 saturated carbocycles. The number of rotatable bonds is 8. The van der Waals surface area contributed by atoms with Crippen molar-refractivity contribution in [2.45, 2.75) is 77.3 Å². The molecule has 0 radical (unpaired) electrons. The van der Waals surface area contributed by atoms with E-state index in [0.717, 1.165) is 73.7 Å². The summed E-state index contributed by atoms with van der Waals surface area (Å²) < 4.78 is 0. The van der Waals surface area contributed by atoms with E-state index in [4.69, 9.17) is 9.98 Å². The third-order valence-electron chi connectivity index (χ3n) is 13.0. The average molecular weight is 976 g/mol. The van der Waals surface area contributed by atoms with Gasteiger partial charge in [0.15, 0.2) is 0 Å². The van der Waals surface area contributed by atoms with Crippen LogP contribution in [0.2, 0.25) is 0 Å². The molecule has 3 aliphatic rings. The first kappa shape index (κ1) is 40.6. The topological polar surface area (TPSA) is 48.2 Å². The van der Waals surface area contributed by atoms with Crippen LogP contribution in [0.3, 0.4) is 0 Å². The zero-order chi connectivity index (χ0) is 41.3. The van der Waals surface area contributed by atoms with Crippen molar-refractivity contribution in [3.8, 4) is 39.1 Å². The van der Waals surface area contributed by atoms with E-state index in [1.54, 1.807) is 0 Å². The molecule has 5 heteroatoms. The van der Waals surface area contributed by atoms with Gasteiger partial charge in [-0.1, -0.05) is 174 Å². The van der Waals surface area contributed by atoms with Crippen molar-refractivity contribution in [2.75, 3.05) is 4.90 Å². The smallest absolute Gasteiger partial charge is 0.132 e. The number of benzene rings is 7. The summed E-state index contributed by atoms with van der Waals surface area (Å²) in [6.45, 7) is 13.6. The van der Waals surface area contributed by atoms with Gasteiger partial charge in [-0.15, -0.1) is 29.8 Å². The maximum absolute atomic E-state index is 12.2. The van der Waals surface area contributed by atoms with Gasteiger partial charge in [0.1, 0.15) is 5.75 Å². The number of aromatic hydroxyl groups is 1. The molecule has 0 bridgehead atoms. The number of aliphatic imine (C=N–C) groups is 2. The molecule has 0 fully saturated rings. The summed E-state index contributed by atoms with van der Waals surface area (Å²) in [5.74, 6) is 1.91. The zero-order valence-corrected chi connectivity index (χ0v) is 37.8. The fraction of sp³-hybridized carbons (Fsp3) is 0.214. The maximum atomic E-state index is 12.2. The minimum atomic E-state index is -0.491. The molecule has 7 aromatic carbocycles. The van der Waals surface area contributed by atoms with Gasteiger partial charge in [0.25, 0.3) is 0 Å². The van der Waals surface area contributed by atoms with E-state index in [0.29, 0.717) is 11.8 Å². The molecule has 61 heavy (non-hydrogen) atoms. The molecule has 1 aliphatic carbocycles. The van der Waals surface area contributed by atoms with Crippen LogP contribution in [0.15, 0.2) is 162 Å². The number of hydrogen-bond donors (Lipinski definition) is 1. The van der Waals surface area contributed by atoms with E-state index in [2.05, 4.69) is 180 Å². The molecule has 7 aromatic rings. The molecule has 0 spiro atoms. The number of phenolic OH excluding ortho intramolecular Hbond substituents is 1. The predicted molar refractivity (Wildman–Crippen MR) is 249 cm³/mol. The van der Waals surface area contributed by atoms with Crippen molar-refractivity contribution in [3.05, 3.63) is 197 Å². The third kappa shape index (κ3) is 6.81. The Bertz CT molecular complexity index is 2830. The predicted octanol–water partition coefficient (Wildman–Crippen LogP) is 13.8. The zero-order valence-electron chi connectivity index (χ0n) is 35.6. The SMILES string of the molecule is CC(C)c1cccc(C(C)C)c1N1C(c2[c-]c(-c3cccc4c3N=C(c3cc(-c5ccccc5)cc(-c5ccccc5)c3O)C4(C)C)ccc2)=N[C@H]2c3ccccc3C[C@H]21.[Pt]. The number of nitrogens with zero attached hydrogens (tertiary/aromatic N) is 3. The number of hydrogen-bond acceptors (Lipinski definition) is 4. The van der Waals surface area contributed by atoms with Crippen molar-refractivity contribution in [1.82, 2.24) is 0 Å². The summed E-state index contributed by atoms with van der Waals surface area (Å²) in [7, 11) is 0. The van der Waals surface area contributed by atoms with Crippen molar-refractivity contribution >= 4 is 22.9 Å². The molecule has 4 nitrogen and oxygen atoms in total. The molecule has 0 aromatic heterocycles. The molecule has 2 aliphatic heterocycles. The molecular weight excluding hydrogens is 926 g/mol. The van der Waals surface area contributed by atoms with Gasteiger partial charge in [-0.05, 0) is 74.9 Å². The Morgan fingerprint density at radius 3 is 1.95 bits per heavy atom. The van der Waals surface area contributed by atoms with Crippen molar-refractivity contribution in [2.24, 2.45) is 9.98 Å². The Balaban J connectivity index is 0.00000476. The van der Waals surface area contributed by atoms with Crippen LogP contribution >= 0.6 is 0 Å². The fourth-order valence-corrected chi connectivity index (χ4v) is 9.92. The average Bonchev–Trinajstić information content (AvgIpc) is 3.91. The fourth-order valence-electron chi connectivity index (χ4n) is 9.92. The summed E-state index contributed by atoms with van der Waals surface area (Å²) in [6, 6.07) is 57.5. The van der Waals surface area contributed by atoms with Gasteiger partial charge in [0.2, 0.25) is 0 Å². The first-order valence-corrected chi connectivity index (χ1v) is 21.4. The molecule has 306 valence electrons. The summed E-state index contributed by atoms with van der Waals surface area (Å²) in [6.07, 6.45) is 0.945. The van der Waals surface area contributed by atoms with Crippen LogP contribution in [0.1, 0.15) is 98.4 Å². The van der Waals surface area contributed by atoms with Gasteiger partial charge in [0.05, 0.1) is 23.6 Å². The second-order valence-corrected chi connectivity index (χ2v) is 17.7. The minimum absolute atomic E-state index is 0. The maximum Gasteiger partial charge on any atom is 0.132 e. The van der Waals surface area contributed by atoms with E-state index >= 15 is 0 Å². The molecule has 0 amide bonds. The van der Waals surface area contributed by atoms with E-state index < -0.39 is 5.41 Å². The minimum Gasteiger partial charge on any atom is -0.507 e. The number of fused-ring (bicyclic) bond motifs is 4. The van der Waals surface area contributed by atoms with Gasteiger partial charge in [0, 0.05) is 49.0 Å². The second kappa shape index (κ2) is 15.9. The molecule has 0 saturated heterocycles. The normalized spacial score (nSPS) is 17.1. The van der Waals surface area contributed by atoms with Crippen LogP contribution in [0, 0.1) is 6.07 Å². The Hall–Kier alpha value is -5.83. The van der Waals surface area contributed by atoms with Crippen LogP contribution in [-0.2, 0) is 32.9 Å². The van der Waals surface area contributed by atoms with Crippen LogP contribution < -0.4 is 4.90 Å². The van der Waals surface area contributed by atoms with Gasteiger partial charge >= 0.3 is 0 Å². The molecule has 10 rings (SSSR count). The van der Waals surface area contributed by atoms with E-state index in [1.807, 2.05) is 24.3 Å². The van der Waals surface area contributed by atoms with Gasteiger partial charge < -0.3 is 10.0 Å². The second-order valence-electron chi connectivity index (χ2n) is 17.7. The van der Waals surface area contributed by atoms with Crippen molar-refractivity contribution in [1.29, 1.82) is 0 Å². The van der Waals surface area contributed by atoms with Crippen molar-refractivity contribution < 1.29 is 26.2 Å². The summed E-state index contributed by atoms with van der Waals surface area (Å²) in [4.78, 5) is 13.7. The van der Waals surface area contributed by atoms with Crippen LogP contribution in [0.25, 0.3) is 33.4 Å². The molecular formula is C56H50N3OPt-. The third-order valence-corrected chi connectivity index (χ3v) is 13.0. The van der Waals surface area contributed by atoms with Crippen LogP contribution in [0.4, 0.5) is 11.4 Å². The van der Waals surface area contributed by atoms with E-state index in [-0.39, 0.29) is 38.9 Å². The quantitative estimate of drug-likeness (QED) is 0.154.